The van der Waals surface area contributed by atoms with E-state index in [0.29, 0.717) is 11.5 Å². The molecule has 1 aliphatic heterocycles. The average molecular weight is 256 g/mol. The van der Waals surface area contributed by atoms with Crippen LogP contribution in [0.4, 0.5) is 0 Å². The highest BCUT2D eigenvalue weighted by Gasteiger charge is 2.19. The van der Waals surface area contributed by atoms with Crippen LogP contribution in [0.5, 0.6) is 0 Å². The fourth-order valence-electron chi connectivity index (χ4n) is 2.65. The van der Waals surface area contributed by atoms with Crippen molar-refractivity contribution in [2.45, 2.75) is 32.2 Å². The molecule has 1 aliphatic rings. The Morgan fingerprint density at radius 2 is 2.32 bits per heavy atom. The number of carboxylic acids is 1. The minimum absolute atomic E-state index is 0.302. The third-order valence-corrected chi connectivity index (χ3v) is 3.69. The summed E-state index contributed by atoms with van der Waals surface area (Å²) in [6, 6.07) is 6.96. The van der Waals surface area contributed by atoms with E-state index in [9.17, 15) is 4.79 Å². The Bertz CT molecular complexity index is 631. The van der Waals surface area contributed by atoms with Crippen LogP contribution < -0.4 is 0 Å². The van der Waals surface area contributed by atoms with E-state index in [0.717, 1.165) is 23.6 Å². The Labute approximate surface area is 111 Å². The van der Waals surface area contributed by atoms with Gasteiger partial charge in [-0.05, 0) is 25.0 Å². The van der Waals surface area contributed by atoms with Gasteiger partial charge in [-0.3, -0.25) is 0 Å². The van der Waals surface area contributed by atoms with Gasteiger partial charge >= 0.3 is 5.97 Å². The summed E-state index contributed by atoms with van der Waals surface area (Å²) in [5.41, 5.74) is 2.04. The normalized spacial score (nSPS) is 18.1. The Kier molecular flexibility index (Phi) is 2.85. The lowest BCUT2D eigenvalue weighted by Gasteiger charge is -2.19. The second-order valence-electron chi connectivity index (χ2n) is 5.11. The fraction of sp³-hybridized carbons (Fsp3) is 0.333. The van der Waals surface area contributed by atoms with E-state index in [1.807, 2.05) is 12.3 Å². The molecule has 2 heterocycles. The molecule has 4 heteroatoms. The molecular formula is C15H16N2O2. The second-order valence-corrected chi connectivity index (χ2v) is 5.11. The molecule has 0 spiro atoms. The summed E-state index contributed by atoms with van der Waals surface area (Å²) in [6.45, 7) is 3.20. The predicted octanol–water partition coefficient (Wildman–Crippen LogP) is 3.15. The first-order chi connectivity index (χ1) is 9.15. The maximum Gasteiger partial charge on any atom is 0.335 e. The van der Waals surface area contributed by atoms with Crippen molar-refractivity contribution in [1.82, 2.24) is 9.55 Å². The van der Waals surface area contributed by atoms with E-state index in [2.05, 4.69) is 16.5 Å². The van der Waals surface area contributed by atoms with Gasteiger partial charge in [-0.25, -0.2) is 9.78 Å². The number of fused-ring (bicyclic) bond motifs is 1. The molecule has 0 saturated heterocycles. The van der Waals surface area contributed by atoms with Crippen molar-refractivity contribution < 1.29 is 9.90 Å². The lowest BCUT2D eigenvalue weighted by atomic mass is 10.0. The van der Waals surface area contributed by atoms with Crippen LogP contribution in [0.3, 0.4) is 0 Å². The molecule has 98 valence electrons. The highest BCUT2D eigenvalue weighted by molar-refractivity contribution is 5.89. The zero-order chi connectivity index (χ0) is 13.4. The molecule has 0 amide bonds. The van der Waals surface area contributed by atoms with Gasteiger partial charge in [-0.1, -0.05) is 19.1 Å². The maximum absolute atomic E-state index is 11.0. The van der Waals surface area contributed by atoms with Crippen LogP contribution >= 0.6 is 0 Å². The van der Waals surface area contributed by atoms with Crippen LogP contribution in [-0.4, -0.2) is 20.6 Å². The first-order valence-electron chi connectivity index (χ1n) is 6.56. The predicted molar refractivity (Wildman–Crippen MR) is 72.3 cm³/mol. The van der Waals surface area contributed by atoms with Crippen molar-refractivity contribution >= 4 is 5.97 Å². The van der Waals surface area contributed by atoms with Gasteiger partial charge in [-0.15, -0.1) is 0 Å². The molecule has 1 N–H and O–H groups in total. The highest BCUT2D eigenvalue weighted by Crippen LogP contribution is 2.29. The molecule has 0 radical (unpaired) electrons. The number of carboxylic acid groups (broad SMARTS) is 1. The van der Waals surface area contributed by atoms with Gasteiger partial charge < -0.3 is 9.67 Å². The van der Waals surface area contributed by atoms with Crippen molar-refractivity contribution in [3.05, 3.63) is 41.9 Å². The van der Waals surface area contributed by atoms with Crippen molar-refractivity contribution in [2.75, 3.05) is 0 Å². The Hall–Kier alpha value is -2.10. The molecule has 1 atom stereocenters. The van der Waals surface area contributed by atoms with Crippen LogP contribution in [0.15, 0.2) is 30.5 Å². The fourth-order valence-corrected chi connectivity index (χ4v) is 2.65. The molecule has 0 saturated carbocycles. The number of nitrogens with zero attached hydrogens (tertiary/aromatic N) is 2. The van der Waals surface area contributed by atoms with E-state index in [1.165, 1.54) is 12.8 Å². The topological polar surface area (TPSA) is 55.1 Å². The van der Waals surface area contributed by atoms with Crippen molar-refractivity contribution in [3.63, 3.8) is 0 Å². The number of imidazole rings is 1. The van der Waals surface area contributed by atoms with Gasteiger partial charge in [-0.2, -0.15) is 0 Å². The van der Waals surface area contributed by atoms with Gasteiger partial charge in [0.25, 0.3) is 0 Å². The highest BCUT2D eigenvalue weighted by atomic mass is 16.4. The summed E-state index contributed by atoms with van der Waals surface area (Å²) >= 11 is 0. The third kappa shape index (κ3) is 2.14. The van der Waals surface area contributed by atoms with Gasteiger partial charge in [0.1, 0.15) is 5.82 Å². The summed E-state index contributed by atoms with van der Waals surface area (Å²) in [4.78, 5) is 15.7. The molecule has 1 unspecified atom stereocenters. The number of rotatable bonds is 2. The first kappa shape index (κ1) is 12.0. The lowest BCUT2D eigenvalue weighted by Crippen LogP contribution is -2.12. The molecule has 1 aromatic heterocycles. The molecule has 0 bridgehead atoms. The minimum Gasteiger partial charge on any atom is -0.478 e. The van der Waals surface area contributed by atoms with Crippen LogP contribution in [0, 0.1) is 0 Å². The van der Waals surface area contributed by atoms with Crippen LogP contribution in [0.1, 0.15) is 41.9 Å². The van der Waals surface area contributed by atoms with Crippen LogP contribution in [-0.2, 0) is 6.54 Å². The molecular weight excluding hydrogens is 240 g/mol. The molecule has 0 fully saturated rings. The summed E-state index contributed by atoms with van der Waals surface area (Å²) in [7, 11) is 0. The standard InChI is InChI=1S/C15H16N2O2/c1-10-4-3-7-17-9-13(16-14(10)17)11-5-2-6-12(8-11)15(18)19/h2,5-6,8-10H,3-4,7H2,1H3,(H,18,19). The Morgan fingerprint density at radius 3 is 3.05 bits per heavy atom. The largest absolute Gasteiger partial charge is 0.478 e. The van der Waals surface area contributed by atoms with E-state index in [-0.39, 0.29) is 0 Å². The van der Waals surface area contributed by atoms with Crippen LogP contribution in [0.2, 0.25) is 0 Å². The monoisotopic (exact) mass is 256 g/mol. The number of carbonyl (C=O) groups is 1. The zero-order valence-corrected chi connectivity index (χ0v) is 10.8. The van der Waals surface area contributed by atoms with E-state index < -0.39 is 5.97 Å². The molecule has 0 aliphatic carbocycles. The number of hydrogen-bond donors (Lipinski definition) is 1. The maximum atomic E-state index is 11.0. The Morgan fingerprint density at radius 1 is 1.47 bits per heavy atom. The minimum atomic E-state index is -0.904. The van der Waals surface area contributed by atoms with Gasteiger partial charge in [0.15, 0.2) is 0 Å². The molecule has 1 aromatic carbocycles. The number of aromatic carboxylic acids is 1. The third-order valence-electron chi connectivity index (χ3n) is 3.69. The Balaban J connectivity index is 2.03. The van der Waals surface area contributed by atoms with Crippen molar-refractivity contribution in [3.8, 4) is 11.3 Å². The number of aromatic nitrogens is 2. The second kappa shape index (κ2) is 4.53. The summed E-state index contributed by atoms with van der Waals surface area (Å²) < 4.78 is 2.19. The van der Waals surface area contributed by atoms with E-state index >= 15 is 0 Å². The average Bonchev–Trinajstić information content (AvgIpc) is 2.84. The summed E-state index contributed by atoms with van der Waals surface area (Å²) in [6.07, 6.45) is 4.39. The van der Waals surface area contributed by atoms with E-state index in [4.69, 9.17) is 5.11 Å². The van der Waals surface area contributed by atoms with Gasteiger partial charge in [0, 0.05) is 24.2 Å². The zero-order valence-electron chi connectivity index (χ0n) is 10.8. The summed E-state index contributed by atoms with van der Waals surface area (Å²) in [5.74, 6) is 0.686. The molecule has 4 nitrogen and oxygen atoms in total. The summed E-state index contributed by atoms with van der Waals surface area (Å²) in [5, 5.41) is 9.03. The van der Waals surface area contributed by atoms with Gasteiger partial charge in [0.2, 0.25) is 0 Å². The van der Waals surface area contributed by atoms with Crippen LogP contribution in [0.25, 0.3) is 11.3 Å². The molecule has 2 aromatic rings. The van der Waals surface area contributed by atoms with E-state index in [1.54, 1.807) is 18.2 Å². The quantitative estimate of drug-likeness (QED) is 0.898. The van der Waals surface area contributed by atoms with Gasteiger partial charge in [0.05, 0.1) is 11.3 Å². The number of aryl methyl sites for hydroxylation is 1. The molecule has 3 rings (SSSR count). The number of benzene rings is 1. The SMILES string of the molecule is CC1CCCn2cc(-c3cccc(C(=O)O)c3)nc21. The lowest BCUT2D eigenvalue weighted by molar-refractivity contribution is 0.0697. The number of hydrogen-bond acceptors (Lipinski definition) is 2. The smallest absolute Gasteiger partial charge is 0.335 e. The first-order valence-corrected chi connectivity index (χ1v) is 6.56. The van der Waals surface area contributed by atoms with Crippen molar-refractivity contribution in [1.29, 1.82) is 0 Å². The molecule has 19 heavy (non-hydrogen) atoms. The van der Waals surface area contributed by atoms with Crippen molar-refractivity contribution in [2.24, 2.45) is 0 Å².